The second-order valence-corrected chi connectivity index (χ2v) is 41.8. The Bertz CT molecular complexity index is 5680. The highest BCUT2D eigenvalue weighted by molar-refractivity contribution is 14.1. The highest BCUT2D eigenvalue weighted by atomic mass is 127. The molecule has 0 saturated carbocycles. The van der Waals surface area contributed by atoms with E-state index in [0.717, 1.165) is 85.6 Å². The van der Waals surface area contributed by atoms with Crippen LogP contribution in [0.5, 0.6) is 115 Å². The largest absolute Gasteiger partial charge is 0.508 e. The summed E-state index contributed by atoms with van der Waals surface area (Å²) >= 11 is 23.2. The molecule has 624 valence electrons. The van der Waals surface area contributed by atoms with E-state index in [-0.39, 0.29) is 75.2 Å². The maximum Gasteiger partial charge on any atom is 0.151 e. The van der Waals surface area contributed by atoms with Gasteiger partial charge in [0, 0.05) is 104 Å². The molecule has 0 fully saturated rings. The van der Waals surface area contributed by atoms with Crippen molar-refractivity contribution in [3.63, 3.8) is 0 Å². The molecule has 0 aromatic heterocycles. The highest BCUT2D eigenvalue weighted by Crippen LogP contribution is 2.60. The van der Waals surface area contributed by atoms with Crippen molar-refractivity contribution in [3.8, 4) is 115 Å². The van der Waals surface area contributed by atoms with Crippen LogP contribution in [0, 0.1) is 45.2 Å². The summed E-state index contributed by atoms with van der Waals surface area (Å²) in [5.74, 6) is 8.46. The third-order valence-corrected chi connectivity index (χ3v) is 31.3. The van der Waals surface area contributed by atoms with Gasteiger partial charge in [0.05, 0.1) is 39.3 Å². The number of ether oxygens (including phenoxy) is 5. The molecule has 0 spiro atoms. The molecule has 12 aromatic rings. The van der Waals surface area contributed by atoms with Gasteiger partial charge in [-0.05, 0) is 351 Å². The fraction of sp³-hybridized carbons (Fsp3) is 0.217. The van der Waals surface area contributed by atoms with Crippen molar-refractivity contribution in [2.45, 2.75) is 121 Å². The zero-order valence-electron chi connectivity index (χ0n) is 64.2. The number of hydrogen-bond donors (Lipinski definition) is 12. The Morgan fingerprint density at radius 3 is 1.03 bits per heavy atom. The number of phenols is 10. The van der Waals surface area contributed by atoms with Crippen LogP contribution >= 0.6 is 248 Å². The third-order valence-electron chi connectivity index (χ3n) is 21.4. The molecule has 28 heteroatoms. The monoisotopic (exact) mass is 2850 g/mol. The van der Waals surface area contributed by atoms with Crippen LogP contribution in [0.25, 0.3) is 0 Å². The van der Waals surface area contributed by atoms with Gasteiger partial charge in [0.2, 0.25) is 0 Å². The maximum atomic E-state index is 12.1. The van der Waals surface area contributed by atoms with E-state index in [4.69, 9.17) is 23.7 Å². The quantitative estimate of drug-likeness (QED) is 0.0377. The maximum absolute atomic E-state index is 12.1. The van der Waals surface area contributed by atoms with E-state index in [0.29, 0.717) is 103 Å². The number of aliphatic hydroxyl groups is 2. The summed E-state index contributed by atoms with van der Waals surface area (Å²) in [4.78, 5) is 0. The van der Waals surface area contributed by atoms with Crippen LogP contribution in [0.2, 0.25) is 0 Å². The van der Waals surface area contributed by atoms with E-state index in [2.05, 4.69) is 186 Å². The van der Waals surface area contributed by atoms with E-state index in [1.54, 1.807) is 54.6 Å². The molecule has 17 nitrogen and oxygen atoms in total. The van der Waals surface area contributed by atoms with Gasteiger partial charge in [0.25, 0.3) is 0 Å². The Balaban J connectivity index is 0.000000130. The van der Waals surface area contributed by atoms with Crippen LogP contribution in [0.1, 0.15) is 176 Å². The number of unbranched alkanes of at least 4 members (excludes halogenated alkanes) is 6. The van der Waals surface area contributed by atoms with Crippen molar-refractivity contribution in [2.75, 3.05) is 0 Å². The summed E-state index contributed by atoms with van der Waals surface area (Å²) in [7, 11) is 0. The van der Waals surface area contributed by atoms with Gasteiger partial charge in [0.1, 0.15) is 115 Å². The number of hydrogen-bond acceptors (Lipinski definition) is 17. The van der Waals surface area contributed by atoms with Crippen LogP contribution in [-0.4, -0.2) is 61.3 Å². The lowest BCUT2D eigenvalue weighted by Crippen LogP contribution is -2.33. The lowest BCUT2D eigenvalue weighted by Gasteiger charge is -2.38. The van der Waals surface area contributed by atoms with Gasteiger partial charge >= 0.3 is 0 Å². The molecule has 0 amide bonds. The molecule has 12 aromatic carbocycles. The highest BCUT2D eigenvalue weighted by Gasteiger charge is 2.47. The van der Waals surface area contributed by atoms with Crippen molar-refractivity contribution in [2.24, 2.45) is 5.92 Å². The van der Waals surface area contributed by atoms with Gasteiger partial charge < -0.3 is 85.0 Å². The van der Waals surface area contributed by atoms with Crippen molar-refractivity contribution in [1.82, 2.24) is 0 Å². The van der Waals surface area contributed by atoms with Crippen LogP contribution in [0.15, 0.2) is 176 Å². The number of aromatic hydroxyl groups is 10. The predicted octanol–water partition coefficient (Wildman–Crippen LogP) is 28.2. The fourth-order valence-electron chi connectivity index (χ4n) is 15.5. The Kier molecular flexibility index (Phi) is 31.0. The van der Waals surface area contributed by atoms with Crippen molar-refractivity contribution >= 4 is 248 Å². The molecular weight excluding hydrogens is 2770 g/mol. The lowest BCUT2D eigenvalue weighted by atomic mass is 9.78. The molecule has 0 bridgehead atoms. The van der Waals surface area contributed by atoms with Crippen LogP contribution in [-0.2, 0) is 11.2 Å². The Hall–Kier alpha value is -4.41. The number of halogens is 11. The molecule has 17 rings (SSSR count). The van der Waals surface area contributed by atoms with E-state index in [9.17, 15) is 61.3 Å². The molecule has 5 aliphatic heterocycles. The molecule has 0 saturated heterocycles. The number of rotatable bonds is 13. The average molecular weight is 2850 g/mol. The predicted molar refractivity (Wildman–Crippen MR) is 556 cm³/mol. The van der Waals surface area contributed by atoms with Gasteiger partial charge in [-0.2, -0.15) is 0 Å². The van der Waals surface area contributed by atoms with E-state index in [1.807, 2.05) is 187 Å². The summed E-state index contributed by atoms with van der Waals surface area (Å²) in [6.45, 7) is 8.79. The minimum Gasteiger partial charge on any atom is -0.508 e. The van der Waals surface area contributed by atoms with Gasteiger partial charge in [0.15, 0.2) is 11.5 Å². The zero-order valence-corrected chi connectivity index (χ0v) is 87.9. The number of fused-ring (bicyclic) bond motifs is 10. The first-order valence-electron chi connectivity index (χ1n) is 38.1. The third kappa shape index (κ3) is 19.0. The summed E-state index contributed by atoms with van der Waals surface area (Å²) in [5.41, 5.74) is 7.35. The second-order valence-electron chi connectivity index (χ2n) is 29.4. The zero-order chi connectivity index (χ0) is 86.2. The molecule has 0 radical (unpaired) electrons. The smallest absolute Gasteiger partial charge is 0.151 e. The Morgan fingerprint density at radius 2 is 0.625 bits per heavy atom. The van der Waals surface area contributed by atoms with Crippen molar-refractivity contribution in [3.05, 3.63) is 282 Å². The first kappa shape index (κ1) is 93.2. The van der Waals surface area contributed by atoms with Crippen LogP contribution < -0.4 is 23.7 Å². The molecule has 0 aliphatic carbocycles. The molecule has 120 heavy (non-hydrogen) atoms. The molecule has 1 atom stereocenters. The molecule has 12 N–H and O–H groups in total. The standard InChI is InChI=1S/C19H10I4O4.C19H18I4O3.C19H14O4.C19H22O3.C16H13I3O3/c20-11-6-9-17(13(22)15(11)24)27-18-10(7-12(21)16(25)14(18)23)19(9,26)8-4-2-1-3-5-8;1-2-3-4-5-6-9-10-7-12(20)16(24)14(22)18(10)26-19-11(9)8-13(21)17(25)15(19)23;20-13-6-8-15-17(10-13)23-18-11-14(21)7-9-16(18)19(15,22)12-4-2-1-3-5-12;1-2-3-4-5-6-15-16-9-7-13(20)11-18(16)22-19-12-14(21)8-10-17(15)19;1-6(2)13-7-3-9(17)11(20)5-12(7)22-16-8(13)4-10(18)15(21)14(16)19/h1-7,24-26H;7-9,24-25H,2-6H2,1H3;1-11,20-22H;7-12,15,20-21H,2-6H2,1H3;3-6,13,20-21H,1-2H3. The Morgan fingerprint density at radius 1 is 0.300 bits per heavy atom. The molecule has 1 unspecified atom stereocenters. The second kappa shape index (κ2) is 39.9. The Labute approximate surface area is 844 Å². The molecule has 5 aliphatic rings. The first-order valence-corrected chi connectivity index (χ1v) is 49.9. The summed E-state index contributed by atoms with van der Waals surface area (Å²) in [6, 6.07) is 51.7. The first-order chi connectivity index (χ1) is 57.2. The van der Waals surface area contributed by atoms with Crippen molar-refractivity contribution in [1.29, 1.82) is 0 Å². The van der Waals surface area contributed by atoms with E-state index < -0.39 is 11.2 Å². The topological polar surface area (TPSA) is 289 Å². The minimum atomic E-state index is -1.48. The molecular formula is C92H77I11O17. The number of benzene rings is 12. The average Bonchev–Trinajstić information content (AvgIpc) is 0.708. The van der Waals surface area contributed by atoms with Crippen LogP contribution in [0.3, 0.4) is 0 Å². The van der Waals surface area contributed by atoms with E-state index in [1.165, 1.54) is 69.2 Å². The van der Waals surface area contributed by atoms with Gasteiger partial charge in [-0.1, -0.05) is 152 Å². The normalized spacial score (nSPS) is 14.3. The summed E-state index contributed by atoms with van der Waals surface area (Å²) in [5, 5.41) is 124. The van der Waals surface area contributed by atoms with Crippen molar-refractivity contribution < 1.29 is 85.0 Å². The van der Waals surface area contributed by atoms with Gasteiger partial charge in [-0.3, -0.25) is 0 Å². The van der Waals surface area contributed by atoms with E-state index >= 15 is 0 Å². The lowest BCUT2D eigenvalue weighted by molar-refractivity contribution is 0.111. The van der Waals surface area contributed by atoms with Gasteiger partial charge in [-0.25, -0.2) is 0 Å². The SMILES string of the molecule is CC(C)C1c2cc(I)c(O)cc2Oc2c1cc(I)c(O)c2I.CCCCCCC1c2cc(I)c(O)c(I)c2Oc2c1cc(I)c(O)c2I.CCCCCCC1c2ccc(O)cc2Oc2cc(O)ccc21.Oc1c(I)cc2c(c1I)Oc1c(cc(I)c(O)c1I)C2(O)c1ccccc1.Oc1ccc2c(c1)Oc1cc(O)ccc1C2(O)c1ccccc1. The summed E-state index contributed by atoms with van der Waals surface area (Å²) < 4.78 is 37.8. The minimum absolute atomic E-state index is 0.0442. The van der Waals surface area contributed by atoms with Gasteiger partial charge in [-0.15, -0.1) is 0 Å². The number of phenolic OH excluding ortho intramolecular Hbond substituents is 10. The van der Waals surface area contributed by atoms with Crippen LogP contribution in [0.4, 0.5) is 0 Å². The fourth-order valence-corrected chi connectivity index (χ4v) is 25.1. The molecule has 5 heterocycles. The summed E-state index contributed by atoms with van der Waals surface area (Å²) in [6.07, 6.45) is 11.8.